The number of anilines is 1. The lowest BCUT2D eigenvalue weighted by atomic mass is 9.76. The monoisotopic (exact) mass is 430 g/mol. The largest absolute Gasteiger partial charge is 0.573 e. The van der Waals surface area contributed by atoms with Gasteiger partial charge in [0.2, 0.25) is 0 Å². The quantitative estimate of drug-likeness (QED) is 0.545. The van der Waals surface area contributed by atoms with Crippen molar-refractivity contribution in [3.63, 3.8) is 0 Å². The summed E-state index contributed by atoms with van der Waals surface area (Å²) >= 11 is -1.23. The number of rotatable bonds is 4. The van der Waals surface area contributed by atoms with E-state index in [-0.39, 0.29) is 0 Å². The van der Waals surface area contributed by atoms with Crippen molar-refractivity contribution in [2.24, 2.45) is 5.92 Å². The van der Waals surface area contributed by atoms with Crippen LogP contribution in [0.3, 0.4) is 0 Å². The van der Waals surface area contributed by atoms with Crippen LogP contribution in [0.1, 0.15) is 46.6 Å². The number of piperidine rings is 1. The molecule has 1 aliphatic carbocycles. The van der Waals surface area contributed by atoms with Gasteiger partial charge in [0.15, 0.2) is 11.5 Å². The number of aryl methyl sites for hydroxylation is 3. The first kappa shape index (κ1) is 20.6. The highest BCUT2D eigenvalue weighted by atomic mass is 32.2. The molecule has 31 heavy (non-hydrogen) atoms. The molecule has 3 nitrogen and oxygen atoms in total. The zero-order valence-corrected chi connectivity index (χ0v) is 18.9. The van der Waals surface area contributed by atoms with Crippen LogP contribution in [0.5, 0.6) is 0 Å². The molecule has 4 heteroatoms. The standard InChI is InChI=1S/C27H30N2OS/c1-20-12-16-24(17-13-20)28-31(30)29-18-6-9-23(19-29)27-25-10-4-2-7-21(25)14-15-22-8-3-5-11-26(22)27/h2-5,7-8,10-13,16-17,23,27-28H,6,9,14-15,18-19H2,1H3. The number of hydrogen-bond acceptors (Lipinski definition) is 3. The first-order valence-corrected chi connectivity index (χ1v) is 12.5. The van der Waals surface area contributed by atoms with Crippen molar-refractivity contribution >= 4 is 17.2 Å². The van der Waals surface area contributed by atoms with E-state index in [1.54, 1.807) is 0 Å². The Bertz CT molecular complexity index is 988. The van der Waals surface area contributed by atoms with Crippen LogP contribution in [0.4, 0.5) is 5.69 Å². The third-order valence-electron chi connectivity index (χ3n) is 6.83. The number of benzene rings is 3. The molecule has 2 atom stereocenters. The van der Waals surface area contributed by atoms with Gasteiger partial charge in [-0.15, -0.1) is 4.31 Å². The SMILES string of the molecule is Cc1ccc(N[S+]([O-])N2CCCC(C3c4ccccc4CCc4ccccc43)C2)cc1. The predicted octanol–water partition coefficient (Wildman–Crippen LogP) is 5.63. The van der Waals surface area contributed by atoms with Gasteiger partial charge in [-0.1, -0.05) is 66.2 Å². The van der Waals surface area contributed by atoms with Crippen molar-refractivity contribution in [1.82, 2.24) is 4.31 Å². The van der Waals surface area contributed by atoms with Gasteiger partial charge < -0.3 is 4.55 Å². The highest BCUT2D eigenvalue weighted by Crippen LogP contribution is 2.42. The molecule has 0 amide bonds. The molecule has 0 radical (unpaired) electrons. The third-order valence-corrected chi connectivity index (χ3v) is 8.04. The molecule has 0 aromatic heterocycles. The van der Waals surface area contributed by atoms with Crippen molar-refractivity contribution < 1.29 is 4.55 Å². The van der Waals surface area contributed by atoms with E-state index in [1.807, 2.05) is 12.1 Å². The zero-order chi connectivity index (χ0) is 21.2. The molecule has 5 rings (SSSR count). The Morgan fingerprint density at radius 2 is 1.48 bits per heavy atom. The molecule has 0 spiro atoms. The van der Waals surface area contributed by atoms with E-state index in [1.165, 1.54) is 34.2 Å². The molecule has 1 N–H and O–H groups in total. The van der Waals surface area contributed by atoms with E-state index in [4.69, 9.17) is 0 Å². The highest BCUT2D eigenvalue weighted by Gasteiger charge is 2.36. The second-order valence-electron chi connectivity index (χ2n) is 8.88. The lowest BCUT2D eigenvalue weighted by Crippen LogP contribution is -2.44. The van der Waals surface area contributed by atoms with Crippen LogP contribution in [-0.2, 0) is 24.4 Å². The summed E-state index contributed by atoms with van der Waals surface area (Å²) in [5, 5.41) is 0. The lowest BCUT2D eigenvalue weighted by Gasteiger charge is -2.37. The summed E-state index contributed by atoms with van der Waals surface area (Å²) in [6.45, 7) is 3.79. The van der Waals surface area contributed by atoms with E-state index in [9.17, 15) is 4.55 Å². The molecule has 2 aliphatic rings. The van der Waals surface area contributed by atoms with Gasteiger partial charge in [0, 0.05) is 12.5 Å². The van der Waals surface area contributed by atoms with Gasteiger partial charge in [-0.25, -0.2) is 0 Å². The van der Waals surface area contributed by atoms with Gasteiger partial charge in [-0.2, -0.15) is 4.72 Å². The molecular formula is C27H30N2OS. The summed E-state index contributed by atoms with van der Waals surface area (Å²) < 4.78 is 18.5. The van der Waals surface area contributed by atoms with Crippen LogP contribution in [0.25, 0.3) is 0 Å². The summed E-state index contributed by atoms with van der Waals surface area (Å²) in [5.41, 5.74) is 8.00. The van der Waals surface area contributed by atoms with Crippen molar-refractivity contribution in [2.45, 2.75) is 38.5 Å². The molecule has 1 heterocycles. The fourth-order valence-corrected chi connectivity index (χ4v) is 6.35. The molecule has 1 aliphatic heterocycles. The van der Waals surface area contributed by atoms with Crippen LogP contribution in [0.15, 0.2) is 72.8 Å². The number of nitrogens with one attached hydrogen (secondary N) is 1. The molecule has 0 bridgehead atoms. The Hall–Kier alpha value is -2.27. The second-order valence-corrected chi connectivity index (χ2v) is 10.1. The van der Waals surface area contributed by atoms with Gasteiger partial charge in [0.05, 0.1) is 12.2 Å². The summed E-state index contributed by atoms with van der Waals surface area (Å²) in [4.78, 5) is 0. The van der Waals surface area contributed by atoms with Crippen molar-refractivity contribution in [1.29, 1.82) is 0 Å². The van der Waals surface area contributed by atoms with Crippen LogP contribution < -0.4 is 4.72 Å². The first-order valence-electron chi connectivity index (χ1n) is 11.3. The Labute approximate surface area is 188 Å². The van der Waals surface area contributed by atoms with E-state index >= 15 is 0 Å². The van der Waals surface area contributed by atoms with Gasteiger partial charge in [-0.3, -0.25) is 0 Å². The molecule has 160 valence electrons. The average molecular weight is 431 g/mol. The highest BCUT2D eigenvalue weighted by molar-refractivity contribution is 7.90. The van der Waals surface area contributed by atoms with Gasteiger partial charge in [0.1, 0.15) is 0 Å². The second kappa shape index (κ2) is 9.07. The molecule has 1 fully saturated rings. The van der Waals surface area contributed by atoms with Gasteiger partial charge >= 0.3 is 0 Å². The Balaban J connectivity index is 1.41. The van der Waals surface area contributed by atoms with Crippen LogP contribution in [0, 0.1) is 12.8 Å². The molecule has 3 aromatic carbocycles. The third kappa shape index (κ3) is 4.38. The average Bonchev–Trinajstić information content (AvgIpc) is 2.97. The summed E-state index contributed by atoms with van der Waals surface area (Å²) in [7, 11) is 0. The van der Waals surface area contributed by atoms with Crippen molar-refractivity contribution in [2.75, 3.05) is 17.8 Å². The predicted molar refractivity (Wildman–Crippen MR) is 129 cm³/mol. The van der Waals surface area contributed by atoms with Crippen LogP contribution >= 0.6 is 0 Å². The maximum atomic E-state index is 13.2. The Morgan fingerprint density at radius 1 is 0.871 bits per heavy atom. The van der Waals surface area contributed by atoms with E-state index in [0.717, 1.165) is 38.0 Å². The van der Waals surface area contributed by atoms with Crippen molar-refractivity contribution in [3.8, 4) is 0 Å². The number of hydrogen-bond donors (Lipinski definition) is 1. The smallest absolute Gasteiger partial charge is 0.166 e. The van der Waals surface area contributed by atoms with E-state index in [0.29, 0.717) is 11.8 Å². The molecule has 1 saturated heterocycles. The lowest BCUT2D eigenvalue weighted by molar-refractivity contribution is 0.249. The number of nitrogens with zero attached hydrogens (tertiary/aromatic N) is 1. The molecule has 2 unspecified atom stereocenters. The topological polar surface area (TPSA) is 38.3 Å². The Morgan fingerprint density at radius 3 is 2.13 bits per heavy atom. The van der Waals surface area contributed by atoms with Gasteiger partial charge in [0.25, 0.3) is 0 Å². The summed E-state index contributed by atoms with van der Waals surface area (Å²) in [5.74, 6) is 0.826. The van der Waals surface area contributed by atoms with Gasteiger partial charge in [-0.05, 0) is 72.9 Å². The summed E-state index contributed by atoms with van der Waals surface area (Å²) in [6, 6.07) is 26.0. The van der Waals surface area contributed by atoms with E-state index < -0.39 is 11.5 Å². The molecule has 0 saturated carbocycles. The maximum Gasteiger partial charge on any atom is 0.166 e. The van der Waals surface area contributed by atoms with Crippen LogP contribution in [0.2, 0.25) is 0 Å². The fraction of sp³-hybridized carbons (Fsp3) is 0.333. The van der Waals surface area contributed by atoms with Crippen molar-refractivity contribution in [3.05, 3.63) is 101 Å². The Kier molecular flexibility index (Phi) is 6.04. The zero-order valence-electron chi connectivity index (χ0n) is 18.1. The van der Waals surface area contributed by atoms with Crippen LogP contribution in [-0.4, -0.2) is 21.9 Å². The number of fused-ring (bicyclic) bond motifs is 2. The normalized spacial score (nSPS) is 20.4. The minimum absolute atomic E-state index is 0.370. The maximum absolute atomic E-state index is 13.2. The minimum Gasteiger partial charge on any atom is -0.573 e. The molecular weight excluding hydrogens is 400 g/mol. The first-order chi connectivity index (χ1) is 15.2. The van der Waals surface area contributed by atoms with E-state index in [2.05, 4.69) is 76.6 Å². The molecule has 3 aromatic rings. The minimum atomic E-state index is -1.23. The fourth-order valence-electron chi connectivity index (χ4n) is 5.26. The summed E-state index contributed by atoms with van der Waals surface area (Å²) in [6.07, 6.45) is 4.44.